The second kappa shape index (κ2) is 3.96. The monoisotopic (exact) mass is 288 g/mol. The van der Waals surface area contributed by atoms with Crippen molar-refractivity contribution in [2.24, 2.45) is 5.92 Å². The number of rotatable bonds is 3. The molecule has 1 nitrogen and oxygen atoms in total. The van der Waals surface area contributed by atoms with Crippen LogP contribution in [-0.4, -0.2) is 5.11 Å². The summed E-state index contributed by atoms with van der Waals surface area (Å²) in [5.41, 5.74) is 1.06. The molecule has 1 aliphatic carbocycles. The number of aliphatic hydroxyl groups is 1. The van der Waals surface area contributed by atoms with Gasteiger partial charge in [-0.3, -0.25) is 0 Å². The zero-order chi connectivity index (χ0) is 9.26. The van der Waals surface area contributed by atoms with Crippen molar-refractivity contribution in [3.05, 3.63) is 33.4 Å². The molecular formula is C11H13IO. The van der Waals surface area contributed by atoms with E-state index in [0.29, 0.717) is 0 Å². The van der Waals surface area contributed by atoms with Crippen LogP contribution >= 0.6 is 22.6 Å². The zero-order valence-electron chi connectivity index (χ0n) is 7.41. The van der Waals surface area contributed by atoms with Gasteiger partial charge in [0.25, 0.3) is 0 Å². The van der Waals surface area contributed by atoms with Crippen LogP contribution in [0.25, 0.3) is 0 Å². The fraction of sp³-hybridized carbons (Fsp3) is 0.455. The van der Waals surface area contributed by atoms with Crippen LogP contribution in [0.1, 0.15) is 30.9 Å². The van der Waals surface area contributed by atoms with E-state index >= 15 is 0 Å². The van der Waals surface area contributed by atoms with E-state index < -0.39 is 0 Å². The quantitative estimate of drug-likeness (QED) is 0.847. The number of hydrogen-bond acceptors (Lipinski definition) is 1. The minimum atomic E-state index is -0.246. The summed E-state index contributed by atoms with van der Waals surface area (Å²) in [5, 5.41) is 9.82. The summed E-state index contributed by atoms with van der Waals surface area (Å²) in [5.74, 6) is 0.786. The van der Waals surface area contributed by atoms with Gasteiger partial charge in [-0.05, 0) is 52.6 Å². The van der Waals surface area contributed by atoms with Crippen LogP contribution in [0, 0.1) is 9.49 Å². The van der Waals surface area contributed by atoms with Crippen LogP contribution in [0.2, 0.25) is 0 Å². The van der Waals surface area contributed by atoms with Crippen molar-refractivity contribution >= 4 is 22.6 Å². The lowest BCUT2D eigenvalue weighted by Crippen LogP contribution is -1.97. The molecule has 1 unspecified atom stereocenters. The lowest BCUT2D eigenvalue weighted by Gasteiger charge is -2.09. The highest BCUT2D eigenvalue weighted by Gasteiger charge is 2.24. The molecular weight excluding hydrogens is 275 g/mol. The first-order valence-corrected chi connectivity index (χ1v) is 5.77. The lowest BCUT2D eigenvalue weighted by molar-refractivity contribution is 0.160. The highest BCUT2D eigenvalue weighted by atomic mass is 127. The second-order valence-electron chi connectivity index (χ2n) is 3.75. The summed E-state index contributed by atoms with van der Waals surface area (Å²) in [6.07, 6.45) is 3.31. The van der Waals surface area contributed by atoms with E-state index in [1.54, 1.807) is 0 Å². The summed E-state index contributed by atoms with van der Waals surface area (Å²) in [6.45, 7) is 0. The van der Waals surface area contributed by atoms with E-state index in [9.17, 15) is 5.11 Å². The average Bonchev–Trinajstić information content (AvgIpc) is 2.89. The maximum Gasteiger partial charge on any atom is 0.0792 e. The summed E-state index contributed by atoms with van der Waals surface area (Å²) in [6, 6.07) is 8.14. The molecule has 1 N–H and O–H groups in total. The van der Waals surface area contributed by atoms with Crippen LogP contribution in [-0.2, 0) is 0 Å². The van der Waals surface area contributed by atoms with E-state index in [4.69, 9.17) is 0 Å². The Labute approximate surface area is 92.3 Å². The fourth-order valence-electron chi connectivity index (χ4n) is 1.49. The molecule has 0 radical (unpaired) electrons. The zero-order valence-corrected chi connectivity index (χ0v) is 9.57. The Hall–Kier alpha value is -0.0900. The van der Waals surface area contributed by atoms with E-state index in [2.05, 4.69) is 22.6 Å². The van der Waals surface area contributed by atoms with Gasteiger partial charge in [0.05, 0.1) is 6.10 Å². The number of aliphatic hydroxyl groups excluding tert-OH is 1. The van der Waals surface area contributed by atoms with Crippen LogP contribution < -0.4 is 0 Å². The van der Waals surface area contributed by atoms with E-state index in [-0.39, 0.29) is 6.10 Å². The molecule has 70 valence electrons. The van der Waals surface area contributed by atoms with Gasteiger partial charge in [-0.25, -0.2) is 0 Å². The van der Waals surface area contributed by atoms with E-state index in [1.807, 2.05) is 24.3 Å². The van der Waals surface area contributed by atoms with Crippen molar-refractivity contribution in [2.75, 3.05) is 0 Å². The van der Waals surface area contributed by atoms with Crippen molar-refractivity contribution in [1.82, 2.24) is 0 Å². The van der Waals surface area contributed by atoms with Gasteiger partial charge >= 0.3 is 0 Å². The predicted octanol–water partition coefficient (Wildman–Crippen LogP) is 3.12. The molecule has 0 heterocycles. The van der Waals surface area contributed by atoms with Crippen molar-refractivity contribution in [3.8, 4) is 0 Å². The topological polar surface area (TPSA) is 20.2 Å². The van der Waals surface area contributed by atoms with Crippen molar-refractivity contribution < 1.29 is 5.11 Å². The number of benzene rings is 1. The molecule has 0 aliphatic heterocycles. The van der Waals surface area contributed by atoms with Crippen LogP contribution in [0.4, 0.5) is 0 Å². The normalized spacial score (nSPS) is 18.6. The molecule has 0 spiro atoms. The van der Waals surface area contributed by atoms with Gasteiger partial charge < -0.3 is 5.11 Å². The van der Waals surface area contributed by atoms with E-state index in [1.165, 1.54) is 16.4 Å². The minimum Gasteiger partial charge on any atom is -0.388 e. The smallest absolute Gasteiger partial charge is 0.0792 e. The molecule has 0 amide bonds. The molecule has 0 aromatic heterocycles. The maximum atomic E-state index is 9.82. The van der Waals surface area contributed by atoms with Gasteiger partial charge in [-0.1, -0.05) is 25.0 Å². The first-order valence-electron chi connectivity index (χ1n) is 4.69. The predicted molar refractivity (Wildman–Crippen MR) is 61.5 cm³/mol. The third-order valence-electron chi connectivity index (χ3n) is 2.51. The van der Waals surface area contributed by atoms with Gasteiger partial charge in [0.2, 0.25) is 0 Å². The summed E-state index contributed by atoms with van der Waals surface area (Å²) < 4.78 is 1.22. The first kappa shape index (κ1) is 9.46. The van der Waals surface area contributed by atoms with Crippen molar-refractivity contribution in [1.29, 1.82) is 0 Å². The van der Waals surface area contributed by atoms with Crippen LogP contribution in [0.15, 0.2) is 24.3 Å². The minimum absolute atomic E-state index is 0.246. The summed E-state index contributed by atoms with van der Waals surface area (Å²) in [7, 11) is 0. The molecule has 1 aromatic carbocycles. The fourth-order valence-corrected chi connectivity index (χ4v) is 1.85. The molecule has 2 heteroatoms. The highest BCUT2D eigenvalue weighted by molar-refractivity contribution is 14.1. The van der Waals surface area contributed by atoms with Gasteiger partial charge in [-0.15, -0.1) is 0 Å². The van der Waals surface area contributed by atoms with Crippen molar-refractivity contribution in [3.63, 3.8) is 0 Å². The number of halogens is 1. The second-order valence-corrected chi connectivity index (χ2v) is 4.99. The highest BCUT2D eigenvalue weighted by Crippen LogP contribution is 2.37. The largest absolute Gasteiger partial charge is 0.388 e. The maximum absolute atomic E-state index is 9.82. The SMILES string of the molecule is OC(CC1CC1)c1ccc(I)cc1. The van der Waals surface area contributed by atoms with Crippen molar-refractivity contribution in [2.45, 2.75) is 25.4 Å². The number of hydrogen-bond donors (Lipinski definition) is 1. The average molecular weight is 288 g/mol. The Morgan fingerprint density at radius 3 is 2.46 bits per heavy atom. The van der Waals surface area contributed by atoms with E-state index in [0.717, 1.165) is 17.9 Å². The Bertz CT molecular complexity index is 277. The van der Waals surface area contributed by atoms with Crippen LogP contribution in [0.3, 0.4) is 0 Å². The molecule has 0 saturated heterocycles. The Morgan fingerprint density at radius 2 is 1.92 bits per heavy atom. The summed E-state index contributed by atoms with van der Waals surface area (Å²) >= 11 is 2.28. The standard InChI is InChI=1S/C11H13IO/c12-10-5-3-9(4-6-10)11(13)7-8-1-2-8/h3-6,8,11,13H,1-2,7H2. The molecule has 1 aliphatic rings. The molecule has 13 heavy (non-hydrogen) atoms. The van der Waals surface area contributed by atoms with Crippen LogP contribution in [0.5, 0.6) is 0 Å². The van der Waals surface area contributed by atoms with Gasteiger partial charge in [0.15, 0.2) is 0 Å². The third-order valence-corrected chi connectivity index (χ3v) is 3.23. The Kier molecular flexibility index (Phi) is 2.89. The molecule has 2 rings (SSSR count). The van der Waals surface area contributed by atoms with Gasteiger partial charge in [0, 0.05) is 3.57 Å². The summed E-state index contributed by atoms with van der Waals surface area (Å²) in [4.78, 5) is 0. The Morgan fingerprint density at radius 1 is 1.31 bits per heavy atom. The Balaban J connectivity index is 2.01. The molecule has 1 atom stereocenters. The first-order chi connectivity index (χ1) is 6.25. The van der Waals surface area contributed by atoms with Gasteiger partial charge in [0.1, 0.15) is 0 Å². The lowest BCUT2D eigenvalue weighted by atomic mass is 10.0. The third kappa shape index (κ3) is 2.68. The van der Waals surface area contributed by atoms with Gasteiger partial charge in [-0.2, -0.15) is 0 Å². The molecule has 1 saturated carbocycles. The molecule has 0 bridgehead atoms. The molecule has 1 aromatic rings. The molecule has 1 fully saturated rings.